The van der Waals surface area contributed by atoms with E-state index in [1.165, 1.54) is 11.1 Å². The van der Waals surface area contributed by atoms with E-state index in [1.807, 2.05) is 18.2 Å². The Balaban J connectivity index is 1.48. The third kappa shape index (κ3) is 3.21. The number of amides is 1. The Bertz CT molecular complexity index is 896. The molecule has 3 N–H and O–H groups in total. The first kappa shape index (κ1) is 15.3. The number of aromatic nitrogens is 2. The Morgan fingerprint density at radius 3 is 2.36 bits per heavy atom. The summed E-state index contributed by atoms with van der Waals surface area (Å²) >= 11 is 0. The van der Waals surface area contributed by atoms with Gasteiger partial charge in [0.25, 0.3) is 0 Å². The highest BCUT2D eigenvalue weighted by atomic mass is 16.1. The number of carbonyl (C=O) groups is 1. The van der Waals surface area contributed by atoms with Crippen molar-refractivity contribution in [1.29, 1.82) is 0 Å². The second-order valence-electron chi connectivity index (χ2n) is 6.27. The molecule has 124 valence electrons. The maximum Gasteiger partial charge on any atom is 0.248 e. The summed E-state index contributed by atoms with van der Waals surface area (Å²) in [5.41, 5.74) is 10.1. The van der Waals surface area contributed by atoms with Gasteiger partial charge < -0.3 is 11.1 Å². The van der Waals surface area contributed by atoms with Gasteiger partial charge in [0.2, 0.25) is 5.91 Å². The average molecular weight is 330 g/mol. The fraction of sp³-hybridized carbons (Fsp3) is 0.150. The molecule has 0 bridgehead atoms. The molecular formula is C20H18N4O. The molecule has 1 aromatic heterocycles. The first-order chi connectivity index (χ1) is 12.2. The molecule has 0 unspecified atom stereocenters. The molecule has 0 aliphatic heterocycles. The second kappa shape index (κ2) is 6.36. The summed E-state index contributed by atoms with van der Waals surface area (Å²) in [6, 6.07) is 19.8. The molecule has 0 spiro atoms. The van der Waals surface area contributed by atoms with Crippen molar-refractivity contribution in [2.24, 2.45) is 5.73 Å². The van der Waals surface area contributed by atoms with Crippen molar-refractivity contribution in [3.8, 4) is 11.3 Å². The Hall–Kier alpha value is -3.21. The van der Waals surface area contributed by atoms with Crippen molar-refractivity contribution in [2.45, 2.75) is 18.9 Å². The van der Waals surface area contributed by atoms with Crippen molar-refractivity contribution in [1.82, 2.24) is 10.2 Å². The quantitative estimate of drug-likeness (QED) is 0.771. The van der Waals surface area contributed by atoms with E-state index in [4.69, 9.17) is 5.73 Å². The number of anilines is 1. The number of hydrogen-bond donors (Lipinski definition) is 2. The van der Waals surface area contributed by atoms with Crippen LogP contribution in [0.25, 0.3) is 11.3 Å². The molecule has 0 fully saturated rings. The predicted octanol–water partition coefficient (Wildman–Crippen LogP) is 2.82. The minimum absolute atomic E-state index is 0.343. The summed E-state index contributed by atoms with van der Waals surface area (Å²) in [6.07, 6.45) is 2.00. The van der Waals surface area contributed by atoms with Crippen LogP contribution < -0.4 is 11.1 Å². The van der Waals surface area contributed by atoms with Crippen molar-refractivity contribution in [3.63, 3.8) is 0 Å². The van der Waals surface area contributed by atoms with Gasteiger partial charge in [-0.3, -0.25) is 4.79 Å². The van der Waals surface area contributed by atoms with Crippen molar-refractivity contribution in [2.75, 3.05) is 5.32 Å². The van der Waals surface area contributed by atoms with Crippen LogP contribution in [0, 0.1) is 0 Å². The van der Waals surface area contributed by atoms with Gasteiger partial charge in [-0.05, 0) is 48.2 Å². The van der Waals surface area contributed by atoms with Gasteiger partial charge in [-0.25, -0.2) is 0 Å². The molecule has 1 amide bonds. The van der Waals surface area contributed by atoms with Gasteiger partial charge in [0.1, 0.15) is 5.82 Å². The highest BCUT2D eigenvalue weighted by molar-refractivity contribution is 5.93. The molecule has 5 heteroatoms. The monoisotopic (exact) mass is 330 g/mol. The highest BCUT2D eigenvalue weighted by Crippen LogP contribution is 2.24. The number of nitrogens with two attached hydrogens (primary N) is 1. The zero-order valence-electron chi connectivity index (χ0n) is 13.6. The van der Waals surface area contributed by atoms with Crippen molar-refractivity contribution >= 4 is 11.7 Å². The van der Waals surface area contributed by atoms with Crippen LogP contribution in [0.1, 0.15) is 21.5 Å². The van der Waals surface area contributed by atoms with Crippen LogP contribution in [0.15, 0.2) is 60.7 Å². The fourth-order valence-electron chi connectivity index (χ4n) is 3.27. The van der Waals surface area contributed by atoms with Gasteiger partial charge in [0.05, 0.1) is 5.69 Å². The summed E-state index contributed by atoms with van der Waals surface area (Å²) < 4.78 is 0. The summed E-state index contributed by atoms with van der Waals surface area (Å²) in [5.74, 6) is 0.307. The van der Waals surface area contributed by atoms with Crippen molar-refractivity contribution < 1.29 is 4.79 Å². The first-order valence-electron chi connectivity index (χ1n) is 8.26. The van der Waals surface area contributed by atoms with E-state index >= 15 is 0 Å². The van der Waals surface area contributed by atoms with E-state index in [0.717, 1.165) is 24.2 Å². The number of rotatable bonds is 4. The van der Waals surface area contributed by atoms with Gasteiger partial charge >= 0.3 is 0 Å². The molecule has 0 saturated carbocycles. The molecule has 1 aliphatic carbocycles. The second-order valence-corrected chi connectivity index (χ2v) is 6.27. The highest BCUT2D eigenvalue weighted by Gasteiger charge is 2.21. The predicted molar refractivity (Wildman–Crippen MR) is 97.2 cm³/mol. The lowest BCUT2D eigenvalue weighted by molar-refractivity contribution is 0.100. The number of hydrogen-bond acceptors (Lipinski definition) is 4. The van der Waals surface area contributed by atoms with E-state index in [0.29, 0.717) is 17.3 Å². The molecule has 0 saturated heterocycles. The molecule has 1 heterocycles. The van der Waals surface area contributed by atoms with E-state index in [1.54, 1.807) is 18.2 Å². The molecule has 2 aromatic carbocycles. The zero-order valence-corrected chi connectivity index (χ0v) is 13.6. The number of nitrogens with zero attached hydrogens (tertiary/aromatic N) is 2. The van der Waals surface area contributed by atoms with Gasteiger partial charge in [-0.15, -0.1) is 10.2 Å². The molecule has 4 rings (SSSR count). The van der Waals surface area contributed by atoms with Crippen LogP contribution in [-0.4, -0.2) is 22.1 Å². The maximum atomic E-state index is 11.3. The molecule has 1 aliphatic rings. The van der Waals surface area contributed by atoms with Crippen LogP contribution in [-0.2, 0) is 12.8 Å². The normalized spacial score (nSPS) is 13.4. The minimum atomic E-state index is -0.450. The third-order valence-corrected chi connectivity index (χ3v) is 4.51. The van der Waals surface area contributed by atoms with E-state index in [-0.39, 0.29) is 0 Å². The third-order valence-electron chi connectivity index (χ3n) is 4.51. The van der Waals surface area contributed by atoms with E-state index < -0.39 is 5.91 Å². The van der Waals surface area contributed by atoms with Crippen LogP contribution in [0.5, 0.6) is 0 Å². The van der Waals surface area contributed by atoms with E-state index in [9.17, 15) is 4.79 Å². The molecule has 25 heavy (non-hydrogen) atoms. The first-order valence-corrected chi connectivity index (χ1v) is 8.26. The SMILES string of the molecule is NC(=O)c1cccc(-c2ccc(NC3Cc4ccccc4C3)nn2)c1. The zero-order chi connectivity index (χ0) is 17.2. The number of nitrogens with one attached hydrogen (secondary N) is 1. The molecule has 5 nitrogen and oxygen atoms in total. The Morgan fingerprint density at radius 2 is 1.72 bits per heavy atom. The summed E-state index contributed by atoms with van der Waals surface area (Å²) in [7, 11) is 0. The van der Waals surface area contributed by atoms with Crippen molar-refractivity contribution in [3.05, 3.63) is 77.4 Å². The molecular weight excluding hydrogens is 312 g/mol. The van der Waals surface area contributed by atoms with Gasteiger partial charge in [0, 0.05) is 17.2 Å². The molecule has 0 atom stereocenters. The Labute approximate surface area is 145 Å². The van der Waals surface area contributed by atoms with Crippen LogP contribution in [0.2, 0.25) is 0 Å². The summed E-state index contributed by atoms with van der Waals surface area (Å²) in [4.78, 5) is 11.3. The van der Waals surface area contributed by atoms with E-state index in [2.05, 4.69) is 39.8 Å². The van der Waals surface area contributed by atoms with Gasteiger partial charge in [-0.1, -0.05) is 36.4 Å². The Kier molecular flexibility index (Phi) is 3.90. The minimum Gasteiger partial charge on any atom is -0.366 e. The fourth-order valence-corrected chi connectivity index (χ4v) is 3.27. The number of fused-ring (bicyclic) bond motifs is 1. The molecule has 3 aromatic rings. The smallest absolute Gasteiger partial charge is 0.248 e. The molecule has 0 radical (unpaired) electrons. The average Bonchev–Trinajstić information content (AvgIpc) is 3.04. The maximum absolute atomic E-state index is 11.3. The van der Waals surface area contributed by atoms with Crippen LogP contribution in [0.3, 0.4) is 0 Å². The number of carbonyl (C=O) groups excluding carboxylic acids is 1. The lowest BCUT2D eigenvalue weighted by atomic mass is 10.1. The van der Waals surface area contributed by atoms with Crippen LogP contribution in [0.4, 0.5) is 5.82 Å². The van der Waals surface area contributed by atoms with Crippen LogP contribution >= 0.6 is 0 Å². The number of benzene rings is 2. The topological polar surface area (TPSA) is 80.9 Å². The summed E-state index contributed by atoms with van der Waals surface area (Å²) in [6.45, 7) is 0. The van der Waals surface area contributed by atoms with Gasteiger partial charge in [0.15, 0.2) is 0 Å². The Morgan fingerprint density at radius 1 is 0.960 bits per heavy atom. The lowest BCUT2D eigenvalue weighted by Gasteiger charge is -2.12. The lowest BCUT2D eigenvalue weighted by Crippen LogP contribution is -2.20. The standard InChI is InChI=1S/C20H18N4O/c21-20(25)16-7-3-6-15(10-16)18-8-9-19(24-23-18)22-17-11-13-4-1-2-5-14(13)12-17/h1-10,17H,11-12H2,(H2,21,25)(H,22,24). The number of primary amides is 1. The largest absolute Gasteiger partial charge is 0.366 e. The van der Waals surface area contributed by atoms with Gasteiger partial charge in [-0.2, -0.15) is 0 Å². The summed E-state index contributed by atoms with van der Waals surface area (Å²) in [5, 5.41) is 12.0.